The van der Waals surface area contributed by atoms with Crippen LogP contribution in [-0.4, -0.2) is 19.0 Å². The van der Waals surface area contributed by atoms with E-state index in [1.165, 1.54) is 5.56 Å². The van der Waals surface area contributed by atoms with Crippen molar-refractivity contribution in [2.45, 2.75) is 45.7 Å². The molecule has 0 saturated heterocycles. The number of nitrogens with one attached hydrogen (secondary N) is 2. The average molecular weight is 262 g/mol. The minimum Gasteiger partial charge on any atom is -0.348 e. The number of likely N-dealkylation sites (N-methyl/N-ethyl adjacent to an activating group) is 1. The third kappa shape index (κ3) is 4.35. The summed E-state index contributed by atoms with van der Waals surface area (Å²) < 4.78 is 0. The quantitative estimate of drug-likeness (QED) is 0.793. The number of carbonyl (C=O) groups is 1. The van der Waals surface area contributed by atoms with E-state index in [-0.39, 0.29) is 18.0 Å². The van der Waals surface area contributed by atoms with Gasteiger partial charge in [-0.3, -0.25) is 4.79 Å². The van der Waals surface area contributed by atoms with Crippen LogP contribution in [0.4, 0.5) is 0 Å². The van der Waals surface area contributed by atoms with Crippen molar-refractivity contribution >= 4 is 5.91 Å². The van der Waals surface area contributed by atoms with E-state index in [0.29, 0.717) is 5.92 Å². The second kappa shape index (κ2) is 7.95. The fourth-order valence-corrected chi connectivity index (χ4v) is 2.30. The molecule has 0 spiro atoms. The zero-order valence-corrected chi connectivity index (χ0v) is 12.4. The van der Waals surface area contributed by atoms with Crippen molar-refractivity contribution in [2.75, 3.05) is 7.05 Å². The Labute approximate surface area is 116 Å². The minimum absolute atomic E-state index is 0.0586. The highest BCUT2D eigenvalue weighted by atomic mass is 16.2. The average Bonchev–Trinajstić information content (AvgIpc) is 2.47. The first-order valence-corrected chi connectivity index (χ1v) is 7.16. The Hall–Kier alpha value is -1.35. The van der Waals surface area contributed by atoms with Crippen LogP contribution in [0, 0.1) is 5.92 Å². The van der Waals surface area contributed by atoms with Crippen LogP contribution in [0.2, 0.25) is 0 Å². The predicted octanol–water partition coefficient (Wildman–Crippen LogP) is 2.89. The number of carbonyl (C=O) groups excluding carboxylic acids is 1. The Morgan fingerprint density at radius 3 is 2.21 bits per heavy atom. The van der Waals surface area contributed by atoms with E-state index >= 15 is 0 Å². The summed E-state index contributed by atoms with van der Waals surface area (Å²) >= 11 is 0. The Morgan fingerprint density at radius 1 is 1.16 bits per heavy atom. The highest BCUT2D eigenvalue weighted by Crippen LogP contribution is 2.27. The smallest absolute Gasteiger partial charge is 0.237 e. The van der Waals surface area contributed by atoms with Gasteiger partial charge in [0, 0.05) is 0 Å². The minimum atomic E-state index is -0.166. The lowest BCUT2D eigenvalue weighted by molar-refractivity contribution is -0.123. The number of amides is 1. The van der Waals surface area contributed by atoms with E-state index in [2.05, 4.69) is 36.6 Å². The first-order chi connectivity index (χ1) is 9.13. The first-order valence-electron chi connectivity index (χ1n) is 7.16. The second-order valence-electron chi connectivity index (χ2n) is 4.98. The monoisotopic (exact) mass is 262 g/mol. The van der Waals surface area contributed by atoms with Gasteiger partial charge in [-0.2, -0.15) is 0 Å². The molecule has 2 unspecified atom stereocenters. The molecule has 2 N–H and O–H groups in total. The topological polar surface area (TPSA) is 41.1 Å². The van der Waals surface area contributed by atoms with Gasteiger partial charge in [0.15, 0.2) is 0 Å². The molecule has 3 nitrogen and oxygen atoms in total. The molecule has 0 aliphatic heterocycles. The molecule has 1 amide bonds. The van der Waals surface area contributed by atoms with E-state index in [1.807, 2.05) is 25.1 Å². The van der Waals surface area contributed by atoms with Crippen LogP contribution in [0.1, 0.15) is 45.2 Å². The molecule has 0 aliphatic rings. The van der Waals surface area contributed by atoms with Gasteiger partial charge in [0.25, 0.3) is 0 Å². The summed E-state index contributed by atoms with van der Waals surface area (Å²) in [6.07, 6.45) is 2.12. The molecule has 0 bridgehead atoms. The first kappa shape index (κ1) is 15.7. The van der Waals surface area contributed by atoms with Crippen molar-refractivity contribution in [3.05, 3.63) is 35.9 Å². The summed E-state index contributed by atoms with van der Waals surface area (Å²) in [7, 11) is 1.80. The van der Waals surface area contributed by atoms with Crippen LogP contribution in [0.25, 0.3) is 0 Å². The van der Waals surface area contributed by atoms with Crippen LogP contribution < -0.4 is 10.6 Å². The zero-order chi connectivity index (χ0) is 14.3. The summed E-state index contributed by atoms with van der Waals surface area (Å²) in [6, 6.07) is 10.2. The normalized spacial score (nSPS) is 14.2. The molecule has 0 fully saturated rings. The van der Waals surface area contributed by atoms with Crippen molar-refractivity contribution in [1.29, 1.82) is 0 Å². The van der Waals surface area contributed by atoms with Gasteiger partial charge in [-0.25, -0.2) is 0 Å². The summed E-state index contributed by atoms with van der Waals surface area (Å²) in [5.74, 6) is 0.527. The molecule has 0 aromatic heterocycles. The van der Waals surface area contributed by atoms with Crippen molar-refractivity contribution in [2.24, 2.45) is 5.92 Å². The molecule has 1 rings (SSSR count). The lowest BCUT2D eigenvalue weighted by Gasteiger charge is -2.28. The highest BCUT2D eigenvalue weighted by Gasteiger charge is 2.23. The maximum absolute atomic E-state index is 12.1. The van der Waals surface area contributed by atoms with Crippen molar-refractivity contribution in [3.63, 3.8) is 0 Å². The van der Waals surface area contributed by atoms with Crippen LogP contribution in [-0.2, 0) is 4.79 Å². The molecule has 1 aromatic rings. The fourth-order valence-electron chi connectivity index (χ4n) is 2.30. The standard InChI is InChI=1S/C16H26N2O/c1-5-13(6-2)15(14-10-8-7-9-11-14)18-16(19)12(3)17-4/h7-13,15,17H,5-6H2,1-4H3,(H,18,19). The number of rotatable bonds is 7. The lowest BCUT2D eigenvalue weighted by Crippen LogP contribution is -2.43. The van der Waals surface area contributed by atoms with Gasteiger partial charge in [0.05, 0.1) is 12.1 Å². The van der Waals surface area contributed by atoms with Crippen LogP contribution in [0.15, 0.2) is 30.3 Å². The Morgan fingerprint density at radius 2 is 1.74 bits per heavy atom. The summed E-state index contributed by atoms with van der Waals surface area (Å²) in [5, 5.41) is 6.17. The maximum Gasteiger partial charge on any atom is 0.237 e. The molecule has 0 saturated carbocycles. The molecular weight excluding hydrogens is 236 g/mol. The van der Waals surface area contributed by atoms with Gasteiger partial charge >= 0.3 is 0 Å². The van der Waals surface area contributed by atoms with Gasteiger partial charge in [0.2, 0.25) is 5.91 Å². The zero-order valence-electron chi connectivity index (χ0n) is 12.4. The maximum atomic E-state index is 12.1. The molecule has 0 heterocycles. The van der Waals surface area contributed by atoms with E-state index < -0.39 is 0 Å². The highest BCUT2D eigenvalue weighted by molar-refractivity contribution is 5.81. The Bertz CT molecular complexity index is 374. The van der Waals surface area contributed by atoms with Gasteiger partial charge in [-0.15, -0.1) is 0 Å². The van der Waals surface area contributed by atoms with Crippen LogP contribution in [0.3, 0.4) is 0 Å². The molecule has 106 valence electrons. The summed E-state index contributed by atoms with van der Waals surface area (Å²) in [4.78, 5) is 12.1. The SMILES string of the molecule is CCC(CC)C(NC(=O)C(C)NC)c1ccccc1. The molecule has 19 heavy (non-hydrogen) atoms. The molecule has 1 aromatic carbocycles. The number of hydrogen-bond donors (Lipinski definition) is 2. The third-order valence-corrected chi connectivity index (χ3v) is 3.80. The lowest BCUT2D eigenvalue weighted by atomic mass is 9.88. The van der Waals surface area contributed by atoms with E-state index in [1.54, 1.807) is 7.05 Å². The van der Waals surface area contributed by atoms with Gasteiger partial charge in [0.1, 0.15) is 0 Å². The number of benzene rings is 1. The van der Waals surface area contributed by atoms with Crippen molar-refractivity contribution in [1.82, 2.24) is 10.6 Å². The predicted molar refractivity (Wildman–Crippen MR) is 79.9 cm³/mol. The molecular formula is C16H26N2O. The van der Waals surface area contributed by atoms with Gasteiger partial charge in [-0.05, 0) is 25.5 Å². The van der Waals surface area contributed by atoms with Crippen molar-refractivity contribution < 1.29 is 4.79 Å². The second-order valence-corrected chi connectivity index (χ2v) is 4.98. The van der Waals surface area contributed by atoms with E-state index in [9.17, 15) is 4.79 Å². The third-order valence-electron chi connectivity index (χ3n) is 3.80. The van der Waals surface area contributed by atoms with E-state index in [4.69, 9.17) is 0 Å². The van der Waals surface area contributed by atoms with Gasteiger partial charge < -0.3 is 10.6 Å². The van der Waals surface area contributed by atoms with Gasteiger partial charge in [-0.1, -0.05) is 57.0 Å². The van der Waals surface area contributed by atoms with Crippen LogP contribution >= 0.6 is 0 Å². The number of hydrogen-bond acceptors (Lipinski definition) is 2. The summed E-state index contributed by atoms with van der Waals surface area (Å²) in [5.41, 5.74) is 1.19. The fraction of sp³-hybridized carbons (Fsp3) is 0.562. The molecule has 0 radical (unpaired) electrons. The van der Waals surface area contributed by atoms with E-state index in [0.717, 1.165) is 12.8 Å². The Kier molecular flexibility index (Phi) is 6.57. The van der Waals surface area contributed by atoms with Crippen molar-refractivity contribution in [3.8, 4) is 0 Å². The molecule has 3 heteroatoms. The van der Waals surface area contributed by atoms with Crippen LogP contribution in [0.5, 0.6) is 0 Å². The largest absolute Gasteiger partial charge is 0.348 e. The summed E-state index contributed by atoms with van der Waals surface area (Å²) in [6.45, 7) is 6.24. The molecule has 0 aliphatic carbocycles. The Balaban J connectivity index is 2.90. The molecule has 2 atom stereocenters.